The van der Waals surface area contributed by atoms with Gasteiger partial charge in [-0.2, -0.15) is 0 Å². The number of carbonyl (C=O) groups is 1. The first-order valence-corrected chi connectivity index (χ1v) is 4.73. The topological polar surface area (TPSA) is 63.3 Å². The van der Waals surface area contributed by atoms with Gasteiger partial charge in [-0.1, -0.05) is 17.7 Å². The van der Waals surface area contributed by atoms with Crippen molar-refractivity contribution in [2.45, 2.75) is 19.4 Å². The van der Waals surface area contributed by atoms with Gasteiger partial charge in [0, 0.05) is 6.04 Å². The molecule has 1 unspecified atom stereocenters. The summed E-state index contributed by atoms with van der Waals surface area (Å²) in [5, 5.41) is 8.49. The standard InChI is InChI=1S/C10H11ClFNO2/c1-5-2-3-6(12)10(11)9(5)7(13)4-8(14)15/h2-3,7H,4,13H2,1H3,(H,14,15). The van der Waals surface area contributed by atoms with E-state index in [1.807, 2.05) is 0 Å². The van der Waals surface area contributed by atoms with Crippen LogP contribution in [-0.2, 0) is 4.79 Å². The van der Waals surface area contributed by atoms with Crippen molar-refractivity contribution in [3.8, 4) is 0 Å². The fourth-order valence-electron chi connectivity index (χ4n) is 1.41. The zero-order valence-electron chi connectivity index (χ0n) is 8.13. The first-order chi connectivity index (χ1) is 6.93. The first kappa shape index (κ1) is 11.9. The highest BCUT2D eigenvalue weighted by Gasteiger charge is 2.18. The molecule has 1 aromatic rings. The van der Waals surface area contributed by atoms with E-state index in [1.165, 1.54) is 12.1 Å². The Labute approximate surface area is 91.7 Å². The smallest absolute Gasteiger partial charge is 0.305 e. The molecule has 3 nitrogen and oxygen atoms in total. The molecule has 0 aliphatic carbocycles. The van der Waals surface area contributed by atoms with Crippen LogP contribution >= 0.6 is 11.6 Å². The van der Waals surface area contributed by atoms with Crippen molar-refractivity contribution in [3.05, 3.63) is 34.1 Å². The molecule has 0 fully saturated rings. The van der Waals surface area contributed by atoms with Gasteiger partial charge in [-0.05, 0) is 24.1 Å². The van der Waals surface area contributed by atoms with Crippen molar-refractivity contribution in [2.75, 3.05) is 0 Å². The lowest BCUT2D eigenvalue weighted by Gasteiger charge is -2.14. The molecule has 0 saturated carbocycles. The molecule has 0 aliphatic rings. The minimum Gasteiger partial charge on any atom is -0.481 e. The van der Waals surface area contributed by atoms with E-state index in [9.17, 15) is 9.18 Å². The Morgan fingerprint density at radius 1 is 1.67 bits per heavy atom. The summed E-state index contributed by atoms with van der Waals surface area (Å²) in [6, 6.07) is 1.97. The van der Waals surface area contributed by atoms with Crippen LogP contribution in [0.15, 0.2) is 12.1 Å². The van der Waals surface area contributed by atoms with Crippen LogP contribution in [0, 0.1) is 12.7 Å². The summed E-state index contributed by atoms with van der Waals surface area (Å²) < 4.78 is 13.1. The van der Waals surface area contributed by atoms with Gasteiger partial charge in [0.15, 0.2) is 0 Å². The van der Waals surface area contributed by atoms with E-state index in [2.05, 4.69) is 0 Å². The van der Waals surface area contributed by atoms with Gasteiger partial charge in [0.2, 0.25) is 0 Å². The van der Waals surface area contributed by atoms with Crippen LogP contribution in [0.2, 0.25) is 5.02 Å². The van der Waals surface area contributed by atoms with Crippen LogP contribution in [0.4, 0.5) is 4.39 Å². The van der Waals surface area contributed by atoms with Crippen LogP contribution in [0.25, 0.3) is 0 Å². The number of hydrogen-bond donors (Lipinski definition) is 2. The SMILES string of the molecule is Cc1ccc(F)c(Cl)c1C(N)CC(=O)O. The van der Waals surface area contributed by atoms with Crippen molar-refractivity contribution < 1.29 is 14.3 Å². The lowest BCUT2D eigenvalue weighted by Crippen LogP contribution is -2.17. The predicted octanol–water partition coefficient (Wildman–Crippen LogP) is 2.26. The number of nitrogens with two attached hydrogens (primary N) is 1. The molecule has 5 heteroatoms. The molecule has 15 heavy (non-hydrogen) atoms. The highest BCUT2D eigenvalue weighted by Crippen LogP contribution is 2.29. The molecule has 0 bridgehead atoms. The summed E-state index contributed by atoms with van der Waals surface area (Å²) in [7, 11) is 0. The minimum absolute atomic E-state index is 0.0937. The molecule has 0 heterocycles. The van der Waals surface area contributed by atoms with Crippen LogP contribution in [0.3, 0.4) is 0 Å². The number of hydrogen-bond acceptors (Lipinski definition) is 2. The molecule has 82 valence electrons. The van der Waals surface area contributed by atoms with Gasteiger partial charge in [0.1, 0.15) is 5.82 Å². The van der Waals surface area contributed by atoms with E-state index in [4.69, 9.17) is 22.4 Å². The summed E-state index contributed by atoms with van der Waals surface area (Å²) in [5.74, 6) is -1.62. The molecule has 3 N–H and O–H groups in total. The molecule has 0 spiro atoms. The van der Waals surface area contributed by atoms with Crippen molar-refractivity contribution in [1.29, 1.82) is 0 Å². The first-order valence-electron chi connectivity index (χ1n) is 4.35. The second kappa shape index (κ2) is 4.59. The largest absolute Gasteiger partial charge is 0.481 e. The van der Waals surface area contributed by atoms with Crippen LogP contribution < -0.4 is 5.73 Å². The summed E-state index contributed by atoms with van der Waals surface area (Å²) >= 11 is 5.73. The molecular weight excluding hydrogens is 221 g/mol. The molecule has 0 aliphatic heterocycles. The predicted molar refractivity (Wildman–Crippen MR) is 55.3 cm³/mol. The molecular formula is C10H11ClFNO2. The summed E-state index contributed by atoms with van der Waals surface area (Å²) in [6.45, 7) is 1.71. The summed E-state index contributed by atoms with van der Waals surface area (Å²) in [4.78, 5) is 10.5. The molecule has 1 rings (SSSR count). The Bertz CT molecular complexity index is 395. The van der Waals surface area contributed by atoms with Gasteiger partial charge >= 0.3 is 5.97 Å². The Morgan fingerprint density at radius 3 is 2.80 bits per heavy atom. The van der Waals surface area contributed by atoms with Gasteiger partial charge in [-0.25, -0.2) is 4.39 Å². The molecule has 0 amide bonds. The highest BCUT2D eigenvalue weighted by molar-refractivity contribution is 6.31. The lowest BCUT2D eigenvalue weighted by atomic mass is 9.99. The van der Waals surface area contributed by atoms with E-state index in [-0.39, 0.29) is 11.4 Å². The van der Waals surface area contributed by atoms with Crippen molar-refractivity contribution in [2.24, 2.45) is 5.73 Å². The average Bonchev–Trinajstić information content (AvgIpc) is 2.11. The Hall–Kier alpha value is -1.13. The summed E-state index contributed by atoms with van der Waals surface area (Å²) in [5.41, 5.74) is 6.68. The third kappa shape index (κ3) is 2.67. The number of carboxylic acid groups (broad SMARTS) is 1. The van der Waals surface area contributed by atoms with Gasteiger partial charge in [0.25, 0.3) is 0 Å². The van der Waals surface area contributed by atoms with Gasteiger partial charge in [-0.15, -0.1) is 0 Å². The number of benzene rings is 1. The normalized spacial score (nSPS) is 12.5. The maximum Gasteiger partial charge on any atom is 0.305 e. The van der Waals surface area contributed by atoms with Crippen LogP contribution in [-0.4, -0.2) is 11.1 Å². The molecule has 0 radical (unpaired) electrons. The maximum absolute atomic E-state index is 13.1. The maximum atomic E-state index is 13.1. The van der Waals surface area contributed by atoms with E-state index in [0.29, 0.717) is 11.1 Å². The van der Waals surface area contributed by atoms with Crippen LogP contribution in [0.5, 0.6) is 0 Å². The van der Waals surface area contributed by atoms with Gasteiger partial charge in [-0.3, -0.25) is 4.79 Å². The summed E-state index contributed by atoms with van der Waals surface area (Å²) in [6.07, 6.45) is -0.274. The monoisotopic (exact) mass is 231 g/mol. The number of aryl methyl sites for hydroxylation is 1. The lowest BCUT2D eigenvalue weighted by molar-refractivity contribution is -0.137. The van der Waals surface area contributed by atoms with Gasteiger partial charge < -0.3 is 10.8 Å². The zero-order chi connectivity index (χ0) is 11.6. The van der Waals surface area contributed by atoms with Crippen molar-refractivity contribution in [1.82, 2.24) is 0 Å². The number of carboxylic acids is 1. The second-order valence-electron chi connectivity index (χ2n) is 3.30. The second-order valence-corrected chi connectivity index (χ2v) is 3.67. The molecule has 1 atom stereocenters. The van der Waals surface area contributed by atoms with E-state index < -0.39 is 17.8 Å². The van der Waals surface area contributed by atoms with Crippen molar-refractivity contribution in [3.63, 3.8) is 0 Å². The fourth-order valence-corrected chi connectivity index (χ4v) is 1.76. The molecule has 0 saturated heterocycles. The Balaban J connectivity index is 3.12. The van der Waals surface area contributed by atoms with E-state index in [0.717, 1.165) is 0 Å². The molecule has 0 aromatic heterocycles. The minimum atomic E-state index is -1.04. The average molecular weight is 232 g/mol. The van der Waals surface area contributed by atoms with E-state index in [1.54, 1.807) is 6.92 Å². The third-order valence-corrected chi connectivity index (χ3v) is 2.50. The van der Waals surface area contributed by atoms with Crippen molar-refractivity contribution >= 4 is 17.6 Å². The quantitative estimate of drug-likeness (QED) is 0.839. The Kier molecular flexibility index (Phi) is 3.66. The third-order valence-electron chi connectivity index (χ3n) is 2.12. The number of rotatable bonds is 3. The zero-order valence-corrected chi connectivity index (χ0v) is 8.88. The highest BCUT2D eigenvalue weighted by atomic mass is 35.5. The number of aliphatic carboxylic acids is 1. The van der Waals surface area contributed by atoms with E-state index >= 15 is 0 Å². The fraction of sp³-hybridized carbons (Fsp3) is 0.300. The van der Waals surface area contributed by atoms with Gasteiger partial charge in [0.05, 0.1) is 11.4 Å². The number of halogens is 2. The Morgan fingerprint density at radius 2 is 2.27 bits per heavy atom. The van der Waals surface area contributed by atoms with Crippen LogP contribution in [0.1, 0.15) is 23.6 Å². The molecule has 1 aromatic carbocycles.